The monoisotopic (exact) mass is 342 g/mol. The Bertz CT molecular complexity index is 1150. The number of para-hydroxylation sites is 1. The highest BCUT2D eigenvalue weighted by Crippen LogP contribution is 2.32. The van der Waals surface area contributed by atoms with Crippen molar-refractivity contribution in [2.45, 2.75) is 0 Å². The highest BCUT2D eigenvalue weighted by Gasteiger charge is 2.17. The first kappa shape index (κ1) is 14.7. The van der Waals surface area contributed by atoms with Crippen LogP contribution in [0.4, 0.5) is 0 Å². The Morgan fingerprint density at radius 1 is 1.04 bits per heavy atom. The van der Waals surface area contributed by atoms with Crippen molar-refractivity contribution < 1.29 is 9.84 Å². The van der Waals surface area contributed by atoms with Crippen LogP contribution in [0.2, 0.25) is 0 Å². The average molecular weight is 342 g/mol. The van der Waals surface area contributed by atoms with Gasteiger partial charge in [-0.15, -0.1) is 0 Å². The number of hydrogen-bond acceptors (Lipinski definition) is 5. The number of nitrogens with zero attached hydrogens (tertiary/aromatic N) is 3. The lowest BCUT2D eigenvalue weighted by Crippen LogP contribution is -2.09. The quantitative estimate of drug-likeness (QED) is 0.581. The van der Waals surface area contributed by atoms with E-state index in [1.165, 1.54) is 0 Å². The summed E-state index contributed by atoms with van der Waals surface area (Å²) in [6, 6.07) is 13.5. The summed E-state index contributed by atoms with van der Waals surface area (Å²) in [4.78, 5) is 8.91. The molecule has 26 heavy (non-hydrogen) atoms. The van der Waals surface area contributed by atoms with Gasteiger partial charge in [0.1, 0.15) is 12.4 Å². The summed E-state index contributed by atoms with van der Waals surface area (Å²) >= 11 is 0. The Morgan fingerprint density at radius 3 is 2.85 bits per heavy atom. The van der Waals surface area contributed by atoms with Gasteiger partial charge in [0.15, 0.2) is 5.82 Å². The van der Waals surface area contributed by atoms with Crippen LogP contribution in [-0.2, 0) is 0 Å². The standard InChI is InChI=1S/C20H14N4O2/c25-20-16-8-12(15-9-21-22-10-15)5-6-17(16)23-19(24-20)14-7-13-3-1-2-4-18(13)26-11-14/h1-10H,11H2,(H,21,22)(H,23,24,25). The lowest BCUT2D eigenvalue weighted by Gasteiger charge is -2.17. The zero-order valence-corrected chi connectivity index (χ0v) is 13.7. The summed E-state index contributed by atoms with van der Waals surface area (Å²) in [6.45, 7) is 0.370. The van der Waals surface area contributed by atoms with Crippen molar-refractivity contribution in [1.29, 1.82) is 0 Å². The number of fused-ring (bicyclic) bond motifs is 2. The average Bonchev–Trinajstić information content (AvgIpc) is 3.22. The second-order valence-corrected chi connectivity index (χ2v) is 6.09. The van der Waals surface area contributed by atoms with Gasteiger partial charge in [0, 0.05) is 22.9 Å². The maximum Gasteiger partial charge on any atom is 0.222 e. The number of H-pyrrole nitrogens is 1. The van der Waals surface area contributed by atoms with Crippen molar-refractivity contribution in [1.82, 2.24) is 20.2 Å². The van der Waals surface area contributed by atoms with Gasteiger partial charge in [-0.05, 0) is 29.8 Å². The maximum atomic E-state index is 10.5. The number of rotatable bonds is 2. The third-order valence-electron chi connectivity index (χ3n) is 4.43. The second-order valence-electron chi connectivity index (χ2n) is 6.09. The van der Waals surface area contributed by atoms with Gasteiger partial charge in [-0.1, -0.05) is 24.3 Å². The van der Waals surface area contributed by atoms with Crippen LogP contribution in [0.15, 0.2) is 54.9 Å². The SMILES string of the molecule is Oc1nc(C2=Cc3ccccc3OC2)nc2ccc(-c3cn[nH]c3)cc12. The van der Waals surface area contributed by atoms with Crippen molar-refractivity contribution in [2.24, 2.45) is 0 Å². The fourth-order valence-corrected chi connectivity index (χ4v) is 3.09. The number of aromatic nitrogens is 4. The van der Waals surface area contributed by atoms with E-state index in [4.69, 9.17) is 4.74 Å². The van der Waals surface area contributed by atoms with Crippen LogP contribution in [0.1, 0.15) is 11.4 Å². The number of benzene rings is 2. The molecule has 2 aromatic carbocycles. The van der Waals surface area contributed by atoms with Gasteiger partial charge in [0.25, 0.3) is 0 Å². The molecule has 4 aromatic rings. The minimum absolute atomic E-state index is 0.0462. The number of ether oxygens (including phenoxy) is 1. The molecule has 0 radical (unpaired) electrons. The van der Waals surface area contributed by atoms with Crippen LogP contribution >= 0.6 is 0 Å². The largest absolute Gasteiger partial charge is 0.493 e. The first-order valence-corrected chi connectivity index (χ1v) is 8.20. The van der Waals surface area contributed by atoms with E-state index in [1.807, 2.05) is 48.5 Å². The molecule has 126 valence electrons. The van der Waals surface area contributed by atoms with E-state index in [-0.39, 0.29) is 5.88 Å². The molecular weight excluding hydrogens is 328 g/mol. The molecule has 0 fully saturated rings. The summed E-state index contributed by atoms with van der Waals surface area (Å²) < 4.78 is 5.77. The normalized spacial score (nSPS) is 13.2. The summed E-state index contributed by atoms with van der Waals surface area (Å²) in [5.41, 5.74) is 4.37. The number of aromatic amines is 1. The van der Waals surface area contributed by atoms with E-state index in [1.54, 1.807) is 12.4 Å². The first-order valence-electron chi connectivity index (χ1n) is 8.20. The summed E-state index contributed by atoms with van der Waals surface area (Å²) in [5, 5.41) is 17.8. The highest BCUT2D eigenvalue weighted by molar-refractivity contribution is 5.90. The van der Waals surface area contributed by atoms with Crippen LogP contribution in [-0.4, -0.2) is 31.9 Å². The molecule has 1 aliphatic heterocycles. The Labute approximate surface area is 148 Å². The fraction of sp³-hybridized carbons (Fsp3) is 0.0500. The van der Waals surface area contributed by atoms with E-state index >= 15 is 0 Å². The van der Waals surface area contributed by atoms with E-state index < -0.39 is 0 Å². The van der Waals surface area contributed by atoms with Crippen molar-refractivity contribution in [3.8, 4) is 22.8 Å². The van der Waals surface area contributed by atoms with Gasteiger partial charge in [0.05, 0.1) is 17.1 Å². The zero-order valence-electron chi connectivity index (χ0n) is 13.7. The van der Waals surface area contributed by atoms with Gasteiger partial charge in [-0.2, -0.15) is 10.1 Å². The number of hydrogen-bond donors (Lipinski definition) is 2. The molecule has 0 unspecified atom stereocenters. The molecule has 0 spiro atoms. The smallest absolute Gasteiger partial charge is 0.222 e. The Kier molecular flexibility index (Phi) is 3.21. The molecule has 2 aromatic heterocycles. The zero-order chi connectivity index (χ0) is 17.5. The maximum absolute atomic E-state index is 10.5. The Morgan fingerprint density at radius 2 is 1.96 bits per heavy atom. The fourth-order valence-electron chi connectivity index (χ4n) is 3.09. The van der Waals surface area contributed by atoms with E-state index in [0.29, 0.717) is 23.3 Å². The van der Waals surface area contributed by atoms with Crippen LogP contribution in [0.5, 0.6) is 11.6 Å². The summed E-state index contributed by atoms with van der Waals surface area (Å²) in [5.74, 6) is 1.27. The lowest BCUT2D eigenvalue weighted by atomic mass is 10.1. The van der Waals surface area contributed by atoms with Crippen LogP contribution in [0, 0.1) is 0 Å². The minimum atomic E-state index is -0.0462. The third-order valence-corrected chi connectivity index (χ3v) is 4.43. The molecule has 0 saturated carbocycles. The Hall–Kier alpha value is -3.67. The van der Waals surface area contributed by atoms with E-state index in [0.717, 1.165) is 28.0 Å². The molecule has 0 atom stereocenters. The molecule has 2 N–H and O–H groups in total. The minimum Gasteiger partial charge on any atom is -0.493 e. The number of aromatic hydroxyl groups is 1. The summed E-state index contributed by atoms with van der Waals surface area (Å²) in [6.07, 6.45) is 5.53. The topological polar surface area (TPSA) is 83.9 Å². The third kappa shape index (κ3) is 2.39. The summed E-state index contributed by atoms with van der Waals surface area (Å²) in [7, 11) is 0. The van der Waals surface area contributed by atoms with Crippen LogP contribution < -0.4 is 4.74 Å². The van der Waals surface area contributed by atoms with E-state index in [9.17, 15) is 5.11 Å². The van der Waals surface area contributed by atoms with Crippen LogP contribution in [0.25, 0.3) is 33.7 Å². The lowest BCUT2D eigenvalue weighted by molar-refractivity contribution is 0.364. The van der Waals surface area contributed by atoms with Crippen molar-refractivity contribution in [2.75, 3.05) is 6.61 Å². The molecule has 0 bridgehead atoms. The van der Waals surface area contributed by atoms with E-state index in [2.05, 4.69) is 20.2 Å². The van der Waals surface area contributed by atoms with Crippen molar-refractivity contribution in [3.63, 3.8) is 0 Å². The predicted molar refractivity (Wildman–Crippen MR) is 98.6 cm³/mol. The Balaban J connectivity index is 1.60. The molecule has 0 saturated heterocycles. The molecule has 6 nitrogen and oxygen atoms in total. The van der Waals surface area contributed by atoms with Crippen molar-refractivity contribution in [3.05, 3.63) is 66.2 Å². The van der Waals surface area contributed by atoms with Gasteiger partial charge >= 0.3 is 0 Å². The van der Waals surface area contributed by atoms with Crippen molar-refractivity contribution >= 4 is 22.6 Å². The molecule has 1 aliphatic rings. The highest BCUT2D eigenvalue weighted by atomic mass is 16.5. The second kappa shape index (κ2) is 5.70. The molecule has 6 heteroatoms. The molecule has 0 aliphatic carbocycles. The van der Waals surface area contributed by atoms with Gasteiger partial charge in [0.2, 0.25) is 5.88 Å². The molecule has 3 heterocycles. The van der Waals surface area contributed by atoms with Crippen LogP contribution in [0.3, 0.4) is 0 Å². The molecule has 0 amide bonds. The van der Waals surface area contributed by atoms with Gasteiger partial charge in [-0.25, -0.2) is 4.98 Å². The van der Waals surface area contributed by atoms with Gasteiger partial charge < -0.3 is 9.84 Å². The first-order chi connectivity index (χ1) is 12.8. The van der Waals surface area contributed by atoms with Gasteiger partial charge in [-0.3, -0.25) is 5.10 Å². The molecular formula is C20H14N4O2. The predicted octanol–water partition coefficient (Wildman–Crippen LogP) is 3.66. The molecule has 5 rings (SSSR count). The number of nitrogens with one attached hydrogen (secondary N) is 1.